The van der Waals surface area contributed by atoms with Crippen LogP contribution in [0.4, 0.5) is 0 Å². The zero-order chi connectivity index (χ0) is 11.2. The van der Waals surface area contributed by atoms with Gasteiger partial charge in [-0.15, -0.1) is 0 Å². The van der Waals surface area contributed by atoms with Crippen LogP contribution in [0.25, 0.3) is 0 Å². The Bertz CT molecular complexity index is 265. The summed E-state index contributed by atoms with van der Waals surface area (Å²) in [7, 11) is -3.44. The quantitative estimate of drug-likeness (QED) is 0.392. The Labute approximate surface area is 82.6 Å². The highest BCUT2D eigenvalue weighted by Crippen LogP contribution is 2.55. The Morgan fingerprint density at radius 3 is 2.14 bits per heavy atom. The zero-order valence-corrected chi connectivity index (χ0v) is 9.32. The van der Waals surface area contributed by atoms with Gasteiger partial charge in [0.2, 0.25) is 6.20 Å². The van der Waals surface area contributed by atoms with Crippen molar-refractivity contribution in [2.45, 2.75) is 20.8 Å². The molecule has 0 saturated heterocycles. The molecule has 0 aliphatic rings. The molecule has 0 aromatic rings. The van der Waals surface area contributed by atoms with Crippen molar-refractivity contribution in [2.24, 2.45) is 0 Å². The molecule has 0 atom stereocenters. The lowest BCUT2D eigenvalue weighted by atomic mass is 10.7. The maximum atomic E-state index is 11.8. The Morgan fingerprint density at radius 2 is 1.86 bits per heavy atom. The fourth-order valence-electron chi connectivity index (χ4n) is 0.804. The van der Waals surface area contributed by atoms with Crippen molar-refractivity contribution in [1.82, 2.24) is 0 Å². The molecule has 0 bridgehead atoms. The van der Waals surface area contributed by atoms with Crippen molar-refractivity contribution in [3.63, 3.8) is 0 Å². The van der Waals surface area contributed by atoms with Crippen LogP contribution in [0.3, 0.4) is 0 Å². The van der Waals surface area contributed by atoms with Crippen molar-refractivity contribution in [2.75, 3.05) is 13.2 Å². The maximum absolute atomic E-state index is 11.8. The summed E-state index contributed by atoms with van der Waals surface area (Å²) in [5.74, 6) is 0. The van der Waals surface area contributed by atoms with Gasteiger partial charge in [-0.3, -0.25) is 14.7 Å². The second-order valence-electron chi connectivity index (χ2n) is 2.39. The molecule has 0 radical (unpaired) electrons. The molecule has 0 N–H and O–H groups in total. The lowest BCUT2D eigenvalue weighted by Crippen LogP contribution is -1.98. The molecule has 0 aliphatic carbocycles. The van der Waals surface area contributed by atoms with Gasteiger partial charge < -0.3 is 9.05 Å². The largest absolute Gasteiger partial charge is 0.363 e. The SMILES string of the molecule is CCOP(=O)(OCC)C(C)=C[N+](=O)[O-]. The third kappa shape index (κ3) is 4.00. The smallest absolute Gasteiger partial charge is 0.306 e. The van der Waals surface area contributed by atoms with Crippen LogP contribution in [0.1, 0.15) is 20.8 Å². The van der Waals surface area contributed by atoms with E-state index in [0.29, 0.717) is 6.20 Å². The van der Waals surface area contributed by atoms with Crippen molar-refractivity contribution in [1.29, 1.82) is 0 Å². The van der Waals surface area contributed by atoms with Crippen molar-refractivity contribution in [3.8, 4) is 0 Å². The minimum Gasteiger partial charge on any atom is -0.306 e. The summed E-state index contributed by atoms with van der Waals surface area (Å²) in [5, 5.41) is 10.2. The summed E-state index contributed by atoms with van der Waals surface area (Å²) in [4.78, 5) is 9.48. The highest BCUT2D eigenvalue weighted by Gasteiger charge is 2.28. The number of hydrogen-bond donors (Lipinski definition) is 0. The first kappa shape index (κ1) is 13.3. The average molecular weight is 223 g/mol. The Morgan fingerprint density at radius 1 is 1.43 bits per heavy atom. The molecule has 0 aromatic heterocycles. The molecule has 6 nitrogen and oxygen atoms in total. The van der Waals surface area contributed by atoms with Gasteiger partial charge in [-0.05, 0) is 20.8 Å². The van der Waals surface area contributed by atoms with E-state index in [1.54, 1.807) is 13.8 Å². The summed E-state index contributed by atoms with van der Waals surface area (Å²) < 4.78 is 21.6. The lowest BCUT2D eigenvalue weighted by molar-refractivity contribution is -0.403. The van der Waals surface area contributed by atoms with Crippen LogP contribution in [0.5, 0.6) is 0 Å². The van der Waals surface area contributed by atoms with E-state index >= 15 is 0 Å². The van der Waals surface area contributed by atoms with E-state index in [1.165, 1.54) is 6.92 Å². The molecule has 0 unspecified atom stereocenters. The van der Waals surface area contributed by atoms with Gasteiger partial charge in [-0.1, -0.05) is 0 Å². The van der Waals surface area contributed by atoms with E-state index in [-0.39, 0.29) is 18.5 Å². The number of nitro groups is 1. The van der Waals surface area contributed by atoms with Gasteiger partial charge in [0.25, 0.3) is 0 Å². The van der Waals surface area contributed by atoms with Gasteiger partial charge >= 0.3 is 7.60 Å². The monoisotopic (exact) mass is 223 g/mol. The third-order valence-electron chi connectivity index (χ3n) is 1.32. The van der Waals surface area contributed by atoms with E-state index in [9.17, 15) is 14.7 Å². The highest BCUT2D eigenvalue weighted by molar-refractivity contribution is 7.58. The Kier molecular flexibility index (Phi) is 5.60. The molecule has 0 saturated carbocycles. The molecular weight excluding hydrogens is 209 g/mol. The predicted molar refractivity (Wildman–Crippen MR) is 51.6 cm³/mol. The van der Waals surface area contributed by atoms with E-state index in [2.05, 4.69) is 0 Å². The summed E-state index contributed by atoms with van der Waals surface area (Å²) in [6.07, 6.45) is 0.645. The Hall–Kier alpha value is -0.710. The topological polar surface area (TPSA) is 78.7 Å². The van der Waals surface area contributed by atoms with Crippen LogP contribution in [0.2, 0.25) is 0 Å². The number of allylic oxidation sites excluding steroid dienone is 1. The van der Waals surface area contributed by atoms with E-state index < -0.39 is 12.5 Å². The standard InChI is InChI=1S/C7H14NO5P/c1-4-12-14(11,13-5-2)7(3)6-8(9)10/h6H,4-5H2,1-3H3. The minimum atomic E-state index is -3.44. The van der Waals surface area contributed by atoms with Crippen LogP contribution in [0.15, 0.2) is 11.5 Å². The minimum absolute atomic E-state index is 0.00574. The molecule has 0 aromatic carbocycles. The maximum Gasteiger partial charge on any atom is 0.363 e. The zero-order valence-electron chi connectivity index (χ0n) is 8.43. The van der Waals surface area contributed by atoms with Gasteiger partial charge in [-0.25, -0.2) is 0 Å². The first-order valence-corrected chi connectivity index (χ1v) is 5.72. The molecule has 82 valence electrons. The molecule has 0 rings (SSSR count). The Balaban J connectivity index is 4.81. The highest BCUT2D eigenvalue weighted by atomic mass is 31.2. The molecule has 0 fully saturated rings. The van der Waals surface area contributed by atoms with Crippen molar-refractivity contribution >= 4 is 7.60 Å². The molecule has 0 aliphatic heterocycles. The molecule has 0 spiro atoms. The fraction of sp³-hybridized carbons (Fsp3) is 0.714. The second kappa shape index (κ2) is 5.90. The van der Waals surface area contributed by atoms with Gasteiger partial charge in [-0.2, -0.15) is 0 Å². The molecule has 0 amide bonds. The summed E-state index contributed by atoms with van der Waals surface area (Å²) in [6, 6.07) is 0. The van der Waals surface area contributed by atoms with Crippen LogP contribution in [0, 0.1) is 10.1 Å². The van der Waals surface area contributed by atoms with Crippen molar-refractivity contribution in [3.05, 3.63) is 21.6 Å². The van der Waals surface area contributed by atoms with Crippen LogP contribution >= 0.6 is 7.60 Å². The normalized spacial score (nSPS) is 12.9. The third-order valence-corrected chi connectivity index (χ3v) is 3.50. The van der Waals surface area contributed by atoms with Gasteiger partial charge in [0.15, 0.2) is 0 Å². The van der Waals surface area contributed by atoms with Gasteiger partial charge in [0.05, 0.1) is 18.1 Å². The molecule has 7 heteroatoms. The second-order valence-corrected chi connectivity index (χ2v) is 4.61. The predicted octanol–water partition coefficient (Wildman–Crippen LogP) is 2.39. The summed E-state index contributed by atoms with van der Waals surface area (Å²) in [5.41, 5.74) is 0. The lowest BCUT2D eigenvalue weighted by Gasteiger charge is -2.15. The average Bonchev–Trinajstić information content (AvgIpc) is 2.03. The van der Waals surface area contributed by atoms with E-state index in [1.807, 2.05) is 0 Å². The van der Waals surface area contributed by atoms with Gasteiger partial charge in [0.1, 0.15) is 5.31 Å². The van der Waals surface area contributed by atoms with E-state index in [0.717, 1.165) is 0 Å². The molecular formula is C7H14NO5P. The summed E-state index contributed by atoms with van der Waals surface area (Å²) >= 11 is 0. The number of rotatable bonds is 6. The van der Waals surface area contributed by atoms with Crippen molar-refractivity contribution < 1.29 is 18.5 Å². The first-order chi connectivity index (χ1) is 6.46. The van der Waals surface area contributed by atoms with E-state index in [4.69, 9.17) is 9.05 Å². The number of hydrogen-bond acceptors (Lipinski definition) is 5. The first-order valence-electron chi connectivity index (χ1n) is 4.17. The van der Waals surface area contributed by atoms with Crippen LogP contribution in [-0.2, 0) is 13.6 Å². The van der Waals surface area contributed by atoms with Crippen LogP contribution in [-0.4, -0.2) is 18.1 Å². The van der Waals surface area contributed by atoms with Crippen LogP contribution < -0.4 is 0 Å². The number of nitrogens with zero attached hydrogens (tertiary/aromatic N) is 1. The van der Waals surface area contributed by atoms with Gasteiger partial charge in [0, 0.05) is 0 Å². The molecule has 0 heterocycles. The molecule has 14 heavy (non-hydrogen) atoms. The summed E-state index contributed by atoms with van der Waals surface area (Å²) in [6.45, 7) is 5.01. The fourth-order valence-corrected chi connectivity index (χ4v) is 2.20.